The van der Waals surface area contributed by atoms with Crippen LogP contribution in [-0.4, -0.2) is 29.7 Å². The normalized spacial score (nSPS) is 13.1. The lowest BCUT2D eigenvalue weighted by Crippen LogP contribution is -2.31. The van der Waals surface area contributed by atoms with Crippen molar-refractivity contribution in [2.24, 2.45) is 0 Å². The number of methoxy groups -OCH3 is 1. The predicted octanol–water partition coefficient (Wildman–Crippen LogP) is 5.66. The number of carbonyl (C=O) groups excluding carboxylic acids is 3. The fourth-order valence-corrected chi connectivity index (χ4v) is 4.78. The van der Waals surface area contributed by atoms with E-state index in [0.717, 1.165) is 16.7 Å². The van der Waals surface area contributed by atoms with E-state index in [1.807, 2.05) is 0 Å². The van der Waals surface area contributed by atoms with E-state index in [1.165, 1.54) is 37.6 Å². The lowest BCUT2D eigenvalue weighted by molar-refractivity contribution is -0.138. The monoisotopic (exact) mass is 543 g/mol. The number of anilines is 2. The summed E-state index contributed by atoms with van der Waals surface area (Å²) in [6, 6.07) is 22.5. The summed E-state index contributed by atoms with van der Waals surface area (Å²) in [5, 5.41) is 5.80. The Morgan fingerprint density at radius 2 is 1.69 bits per heavy atom. The minimum atomic E-state index is -0.523. The zero-order chi connectivity index (χ0) is 27.4. The van der Waals surface area contributed by atoms with Gasteiger partial charge in [0.2, 0.25) is 0 Å². The van der Waals surface area contributed by atoms with Crippen molar-refractivity contribution >= 4 is 40.9 Å². The summed E-state index contributed by atoms with van der Waals surface area (Å²) >= 11 is 1.11. The largest absolute Gasteiger partial charge is 0.497 e. The number of amides is 3. The number of ether oxygens (including phenoxy) is 1. The van der Waals surface area contributed by atoms with Crippen molar-refractivity contribution in [3.63, 3.8) is 0 Å². The molecule has 2 heterocycles. The first kappa shape index (κ1) is 25.8. The molecule has 0 spiro atoms. The Labute approximate surface area is 227 Å². The van der Waals surface area contributed by atoms with Gasteiger partial charge in [-0.25, -0.2) is 4.39 Å². The van der Waals surface area contributed by atoms with Crippen LogP contribution in [0.4, 0.5) is 15.8 Å². The highest BCUT2D eigenvalue weighted by Crippen LogP contribution is 2.37. The smallest absolute Gasteiger partial charge is 0.278 e. The second-order valence-corrected chi connectivity index (χ2v) is 9.51. The number of furan rings is 1. The Balaban J connectivity index is 1.36. The Kier molecular flexibility index (Phi) is 7.46. The maximum absolute atomic E-state index is 13.4. The molecule has 4 aromatic rings. The van der Waals surface area contributed by atoms with E-state index in [2.05, 4.69) is 10.6 Å². The minimum absolute atomic E-state index is 0.0292. The van der Waals surface area contributed by atoms with Crippen LogP contribution in [0.25, 0.3) is 0 Å². The van der Waals surface area contributed by atoms with Crippen molar-refractivity contribution in [2.75, 3.05) is 17.7 Å². The molecule has 0 saturated heterocycles. The lowest BCUT2D eigenvalue weighted by Gasteiger charge is -2.13. The van der Waals surface area contributed by atoms with Crippen LogP contribution in [0.1, 0.15) is 16.1 Å². The highest BCUT2D eigenvalue weighted by Gasteiger charge is 2.39. The molecule has 2 N–H and O–H groups in total. The number of nitrogens with zero attached hydrogens (tertiary/aromatic N) is 1. The van der Waals surface area contributed by atoms with Crippen LogP contribution in [0.2, 0.25) is 0 Å². The molecule has 3 amide bonds. The lowest BCUT2D eigenvalue weighted by atomic mass is 10.2. The molecule has 10 heteroatoms. The fraction of sp³-hybridized carbons (Fsp3) is 0.0690. The Morgan fingerprint density at radius 3 is 2.38 bits per heavy atom. The SMILES string of the molecule is COc1cccc(C(=O)Nc2ccc(SC3=C(Nc4ccc(F)cc4)C(=O)N(Cc4ccco4)C3=O)cc2)c1. The van der Waals surface area contributed by atoms with Gasteiger partial charge in [-0.2, -0.15) is 0 Å². The van der Waals surface area contributed by atoms with Crippen molar-refractivity contribution in [3.8, 4) is 5.75 Å². The maximum Gasteiger partial charge on any atom is 0.278 e. The standard InChI is InChI=1S/C29H22FN3O5S/c1-37-22-5-2-4-18(16-22)27(34)32-21-11-13-24(14-12-21)39-26-25(31-20-9-7-19(30)8-10-20)28(35)33(29(26)36)17-23-6-3-15-38-23/h2-16,31H,17H2,1H3,(H,32,34). The Bertz CT molecular complexity index is 1550. The summed E-state index contributed by atoms with van der Waals surface area (Å²) in [5.74, 6) is -0.694. The van der Waals surface area contributed by atoms with Crippen molar-refractivity contribution in [2.45, 2.75) is 11.4 Å². The van der Waals surface area contributed by atoms with Gasteiger partial charge < -0.3 is 19.8 Å². The van der Waals surface area contributed by atoms with Gasteiger partial charge in [-0.1, -0.05) is 17.8 Å². The van der Waals surface area contributed by atoms with E-state index in [0.29, 0.717) is 33.3 Å². The average molecular weight is 544 g/mol. The van der Waals surface area contributed by atoms with Gasteiger partial charge in [0, 0.05) is 21.8 Å². The molecule has 0 atom stereocenters. The molecule has 0 bridgehead atoms. The number of carbonyl (C=O) groups is 3. The molecule has 0 fully saturated rings. The van der Waals surface area contributed by atoms with Crippen LogP contribution in [0, 0.1) is 5.82 Å². The first-order valence-corrected chi connectivity index (χ1v) is 12.6. The van der Waals surface area contributed by atoms with Gasteiger partial charge in [0.05, 0.1) is 19.9 Å². The number of rotatable bonds is 9. The summed E-state index contributed by atoms with van der Waals surface area (Å²) in [5.41, 5.74) is 1.54. The molecule has 0 aliphatic carbocycles. The highest BCUT2D eigenvalue weighted by atomic mass is 32.2. The Hall–Kier alpha value is -4.83. The molecular weight excluding hydrogens is 521 g/mol. The number of hydrogen-bond acceptors (Lipinski definition) is 7. The maximum atomic E-state index is 13.4. The topological polar surface area (TPSA) is 101 Å². The van der Waals surface area contributed by atoms with E-state index < -0.39 is 17.6 Å². The number of nitrogens with one attached hydrogen (secondary N) is 2. The van der Waals surface area contributed by atoms with Gasteiger partial charge in [-0.05, 0) is 78.9 Å². The number of benzene rings is 3. The average Bonchev–Trinajstić information content (AvgIpc) is 3.54. The molecule has 8 nitrogen and oxygen atoms in total. The van der Waals surface area contributed by atoms with Crippen molar-refractivity contribution < 1.29 is 27.9 Å². The second-order valence-electron chi connectivity index (χ2n) is 8.42. The zero-order valence-electron chi connectivity index (χ0n) is 20.6. The van der Waals surface area contributed by atoms with Crippen LogP contribution in [0.3, 0.4) is 0 Å². The van der Waals surface area contributed by atoms with Crippen LogP contribution in [0.5, 0.6) is 5.75 Å². The third kappa shape index (κ3) is 5.86. The first-order valence-electron chi connectivity index (χ1n) is 11.8. The van der Waals surface area contributed by atoms with Crippen LogP contribution < -0.4 is 15.4 Å². The van der Waals surface area contributed by atoms with Gasteiger partial charge in [0.15, 0.2) is 0 Å². The zero-order valence-corrected chi connectivity index (χ0v) is 21.5. The number of thioether (sulfide) groups is 1. The fourth-order valence-electron chi connectivity index (χ4n) is 3.83. The summed E-state index contributed by atoms with van der Waals surface area (Å²) in [7, 11) is 1.53. The van der Waals surface area contributed by atoms with Crippen LogP contribution >= 0.6 is 11.8 Å². The molecule has 196 valence electrons. The number of hydrogen-bond donors (Lipinski definition) is 2. The number of imide groups is 1. The van der Waals surface area contributed by atoms with Crippen LogP contribution in [-0.2, 0) is 16.1 Å². The molecule has 5 rings (SSSR count). The summed E-state index contributed by atoms with van der Waals surface area (Å²) in [6.07, 6.45) is 1.47. The van der Waals surface area contributed by atoms with Crippen molar-refractivity contribution in [1.29, 1.82) is 0 Å². The summed E-state index contributed by atoms with van der Waals surface area (Å²) < 4.78 is 23.9. The van der Waals surface area contributed by atoms with Gasteiger partial charge in [-0.3, -0.25) is 19.3 Å². The molecular formula is C29H22FN3O5S. The minimum Gasteiger partial charge on any atom is -0.497 e. The van der Waals surface area contributed by atoms with Crippen LogP contribution in [0.15, 0.2) is 111 Å². The highest BCUT2D eigenvalue weighted by molar-refractivity contribution is 8.04. The second kappa shape index (κ2) is 11.3. The quantitative estimate of drug-likeness (QED) is 0.263. The third-order valence-electron chi connectivity index (χ3n) is 5.80. The predicted molar refractivity (Wildman–Crippen MR) is 145 cm³/mol. The van der Waals surface area contributed by atoms with Gasteiger partial charge in [0.1, 0.15) is 27.9 Å². The van der Waals surface area contributed by atoms with Gasteiger partial charge >= 0.3 is 0 Å². The van der Waals surface area contributed by atoms with E-state index in [9.17, 15) is 18.8 Å². The van der Waals surface area contributed by atoms with E-state index in [1.54, 1.807) is 60.7 Å². The third-order valence-corrected chi connectivity index (χ3v) is 6.89. The van der Waals surface area contributed by atoms with E-state index in [-0.39, 0.29) is 23.1 Å². The molecule has 1 aliphatic heterocycles. The van der Waals surface area contributed by atoms with E-state index in [4.69, 9.17) is 9.15 Å². The van der Waals surface area contributed by atoms with Crippen molar-refractivity contribution in [3.05, 3.63) is 119 Å². The molecule has 1 aliphatic rings. The molecule has 0 radical (unpaired) electrons. The summed E-state index contributed by atoms with van der Waals surface area (Å²) in [6.45, 7) is -0.0292. The summed E-state index contributed by atoms with van der Waals surface area (Å²) in [4.78, 5) is 41.2. The Morgan fingerprint density at radius 1 is 0.949 bits per heavy atom. The van der Waals surface area contributed by atoms with Crippen molar-refractivity contribution in [1.82, 2.24) is 4.90 Å². The molecule has 39 heavy (non-hydrogen) atoms. The van der Waals surface area contributed by atoms with Gasteiger partial charge in [0.25, 0.3) is 17.7 Å². The number of halogens is 1. The first-order chi connectivity index (χ1) is 18.9. The molecule has 0 saturated carbocycles. The molecule has 0 unspecified atom stereocenters. The molecule has 3 aromatic carbocycles. The molecule has 1 aromatic heterocycles. The van der Waals surface area contributed by atoms with Gasteiger partial charge in [-0.15, -0.1) is 0 Å². The van der Waals surface area contributed by atoms with E-state index >= 15 is 0 Å².